The van der Waals surface area contributed by atoms with Gasteiger partial charge < -0.3 is 21.1 Å². The molecular weight excluding hydrogens is 412 g/mol. The molecule has 0 spiro atoms. The predicted octanol–water partition coefficient (Wildman–Crippen LogP) is 2.21. The Bertz CT molecular complexity index is 923. The summed E-state index contributed by atoms with van der Waals surface area (Å²) in [6, 6.07) is 6.75. The van der Waals surface area contributed by atoms with Gasteiger partial charge in [0.15, 0.2) is 0 Å². The van der Waals surface area contributed by atoms with E-state index in [-0.39, 0.29) is 30.7 Å². The number of aliphatic hydroxyl groups is 1. The largest absolute Gasteiger partial charge is 0.391 e. The van der Waals surface area contributed by atoms with Gasteiger partial charge in [0.1, 0.15) is 6.04 Å². The van der Waals surface area contributed by atoms with Crippen molar-refractivity contribution >= 4 is 23.2 Å². The van der Waals surface area contributed by atoms with Crippen LogP contribution in [0.1, 0.15) is 43.4 Å². The van der Waals surface area contributed by atoms with Gasteiger partial charge in [0.2, 0.25) is 11.8 Å². The number of aliphatic hydroxyl groups excluding tert-OH is 1. The summed E-state index contributed by atoms with van der Waals surface area (Å²) in [5.41, 5.74) is 11.1. The highest BCUT2D eigenvalue weighted by Crippen LogP contribution is 2.30. The number of benzene rings is 1. The van der Waals surface area contributed by atoms with Crippen molar-refractivity contribution in [1.29, 1.82) is 0 Å². The number of likely N-dealkylation sites (tertiary alicyclic amines) is 1. The van der Waals surface area contributed by atoms with E-state index in [4.69, 9.17) is 5.73 Å². The summed E-state index contributed by atoms with van der Waals surface area (Å²) in [6.07, 6.45) is 3.66. The fourth-order valence-electron chi connectivity index (χ4n) is 4.68. The third kappa shape index (κ3) is 4.81. The molecule has 7 nitrogen and oxygen atoms in total. The standard InChI is InChI=1S/C23H30N4O3S/c1-14-21(31-13-26-14)17-8-6-15(7-9-17)11-25-22(29)19-10-18(28)12-27(19)23(30)20(24)16-4-2-3-5-16/h6-9,13,16,18-20,28H,2-5,10-12,24H2,1H3,(H,25,29)/t18-,19+,20+/m1/s1. The summed E-state index contributed by atoms with van der Waals surface area (Å²) < 4.78 is 0. The quantitative estimate of drug-likeness (QED) is 0.636. The molecule has 166 valence electrons. The number of nitrogens with two attached hydrogens (primary N) is 1. The lowest BCUT2D eigenvalue weighted by atomic mass is 9.97. The van der Waals surface area contributed by atoms with Gasteiger partial charge in [-0.15, -0.1) is 11.3 Å². The Hall–Kier alpha value is -2.29. The number of nitrogens with zero attached hydrogens (tertiary/aromatic N) is 2. The fraction of sp³-hybridized carbons (Fsp3) is 0.522. The topological polar surface area (TPSA) is 109 Å². The number of thiazole rings is 1. The number of hydrogen-bond acceptors (Lipinski definition) is 6. The molecule has 0 unspecified atom stereocenters. The van der Waals surface area contributed by atoms with Gasteiger partial charge in [0, 0.05) is 19.5 Å². The Kier molecular flexibility index (Phi) is 6.69. The van der Waals surface area contributed by atoms with Crippen molar-refractivity contribution in [2.75, 3.05) is 6.54 Å². The van der Waals surface area contributed by atoms with Crippen LogP contribution in [-0.2, 0) is 16.1 Å². The molecule has 3 atom stereocenters. The lowest BCUT2D eigenvalue weighted by molar-refractivity contribution is -0.140. The molecule has 4 rings (SSSR count). The molecule has 1 aliphatic carbocycles. The van der Waals surface area contributed by atoms with Crippen LogP contribution in [0.15, 0.2) is 29.8 Å². The number of β-amino-alcohol motifs (C(OH)–C–C–N with tert-alkyl or cyclic N) is 1. The van der Waals surface area contributed by atoms with Gasteiger partial charge in [-0.05, 0) is 36.8 Å². The molecule has 2 amide bonds. The molecule has 1 saturated carbocycles. The van der Waals surface area contributed by atoms with Gasteiger partial charge in [-0.25, -0.2) is 4.98 Å². The van der Waals surface area contributed by atoms with E-state index in [1.807, 2.05) is 36.7 Å². The molecule has 1 aliphatic heterocycles. The maximum atomic E-state index is 13.0. The smallest absolute Gasteiger partial charge is 0.243 e. The van der Waals surface area contributed by atoms with Crippen LogP contribution in [0, 0.1) is 12.8 Å². The van der Waals surface area contributed by atoms with Crippen LogP contribution < -0.4 is 11.1 Å². The number of aromatic nitrogens is 1. The third-order valence-electron chi connectivity index (χ3n) is 6.49. The average molecular weight is 443 g/mol. The van der Waals surface area contributed by atoms with Gasteiger partial charge in [0.05, 0.1) is 28.2 Å². The van der Waals surface area contributed by atoms with Gasteiger partial charge >= 0.3 is 0 Å². The Morgan fingerprint density at radius 3 is 2.65 bits per heavy atom. The lowest BCUT2D eigenvalue weighted by Crippen LogP contribution is -2.53. The molecule has 2 heterocycles. The maximum absolute atomic E-state index is 13.0. The first-order chi connectivity index (χ1) is 14.9. The van der Waals surface area contributed by atoms with Crippen molar-refractivity contribution in [2.45, 2.75) is 63.8 Å². The van der Waals surface area contributed by atoms with Crippen LogP contribution in [0.2, 0.25) is 0 Å². The van der Waals surface area contributed by atoms with Gasteiger partial charge in [-0.1, -0.05) is 37.1 Å². The minimum atomic E-state index is -0.697. The van der Waals surface area contributed by atoms with Crippen molar-refractivity contribution in [3.8, 4) is 10.4 Å². The number of amides is 2. The van der Waals surface area contributed by atoms with Gasteiger partial charge in [-0.3, -0.25) is 9.59 Å². The van der Waals surface area contributed by atoms with E-state index < -0.39 is 18.2 Å². The van der Waals surface area contributed by atoms with E-state index in [1.165, 1.54) is 4.90 Å². The number of hydrogen-bond donors (Lipinski definition) is 3. The first kappa shape index (κ1) is 21.9. The summed E-state index contributed by atoms with van der Waals surface area (Å²) in [5.74, 6) is -0.284. The van der Waals surface area contributed by atoms with E-state index in [1.54, 1.807) is 11.3 Å². The zero-order valence-electron chi connectivity index (χ0n) is 17.8. The van der Waals surface area contributed by atoms with Crippen molar-refractivity contribution in [1.82, 2.24) is 15.2 Å². The average Bonchev–Trinajstić information content (AvgIpc) is 3.52. The Balaban J connectivity index is 1.36. The predicted molar refractivity (Wildman–Crippen MR) is 120 cm³/mol. The molecular formula is C23H30N4O3S. The first-order valence-corrected chi connectivity index (χ1v) is 11.8. The number of aryl methyl sites for hydroxylation is 1. The summed E-state index contributed by atoms with van der Waals surface area (Å²) in [6.45, 7) is 2.52. The van der Waals surface area contributed by atoms with E-state index >= 15 is 0 Å². The van der Waals surface area contributed by atoms with Crippen LogP contribution in [0.5, 0.6) is 0 Å². The van der Waals surface area contributed by atoms with Crippen LogP contribution in [0.4, 0.5) is 0 Å². The molecule has 1 aromatic carbocycles. The van der Waals surface area contributed by atoms with Gasteiger partial charge in [-0.2, -0.15) is 0 Å². The molecule has 1 saturated heterocycles. The molecule has 31 heavy (non-hydrogen) atoms. The molecule has 4 N–H and O–H groups in total. The number of rotatable bonds is 6. The SMILES string of the molecule is Cc1ncsc1-c1ccc(CNC(=O)[C@@H]2C[C@@H](O)CN2C(=O)[C@@H](N)C2CCCC2)cc1. The van der Waals surface area contributed by atoms with Crippen molar-refractivity contribution < 1.29 is 14.7 Å². The zero-order valence-corrected chi connectivity index (χ0v) is 18.6. The zero-order chi connectivity index (χ0) is 22.0. The van der Waals surface area contributed by atoms with Crippen LogP contribution in [0.3, 0.4) is 0 Å². The second-order valence-electron chi connectivity index (χ2n) is 8.65. The first-order valence-electron chi connectivity index (χ1n) is 10.9. The molecule has 2 aromatic rings. The fourth-order valence-corrected chi connectivity index (χ4v) is 5.49. The highest BCUT2D eigenvalue weighted by atomic mass is 32.1. The maximum Gasteiger partial charge on any atom is 0.243 e. The highest BCUT2D eigenvalue weighted by Gasteiger charge is 2.42. The Morgan fingerprint density at radius 1 is 1.29 bits per heavy atom. The van der Waals surface area contributed by atoms with Crippen LogP contribution in [-0.4, -0.2) is 51.5 Å². The lowest BCUT2D eigenvalue weighted by Gasteiger charge is -2.28. The van der Waals surface area contributed by atoms with E-state index in [0.29, 0.717) is 6.54 Å². The third-order valence-corrected chi connectivity index (χ3v) is 7.46. The van der Waals surface area contributed by atoms with E-state index in [0.717, 1.165) is 47.4 Å². The monoisotopic (exact) mass is 442 g/mol. The normalized spacial score (nSPS) is 22.6. The second-order valence-corrected chi connectivity index (χ2v) is 9.50. The number of carbonyl (C=O) groups is 2. The van der Waals surface area contributed by atoms with Crippen molar-refractivity contribution in [2.24, 2.45) is 11.7 Å². The van der Waals surface area contributed by atoms with Gasteiger partial charge in [0.25, 0.3) is 0 Å². The molecule has 2 aliphatic rings. The van der Waals surface area contributed by atoms with Crippen molar-refractivity contribution in [3.63, 3.8) is 0 Å². The number of carbonyl (C=O) groups excluding carboxylic acids is 2. The van der Waals surface area contributed by atoms with Crippen LogP contribution in [0.25, 0.3) is 10.4 Å². The van der Waals surface area contributed by atoms with Crippen LogP contribution >= 0.6 is 11.3 Å². The summed E-state index contributed by atoms with van der Waals surface area (Å²) in [5, 5.41) is 13.1. The molecule has 1 aromatic heterocycles. The molecule has 2 fully saturated rings. The van der Waals surface area contributed by atoms with E-state index in [2.05, 4.69) is 10.3 Å². The summed E-state index contributed by atoms with van der Waals surface area (Å²) in [4.78, 5) is 32.7. The summed E-state index contributed by atoms with van der Waals surface area (Å²) in [7, 11) is 0. The Morgan fingerprint density at radius 2 is 2.00 bits per heavy atom. The second kappa shape index (κ2) is 9.46. The van der Waals surface area contributed by atoms with E-state index in [9.17, 15) is 14.7 Å². The minimum absolute atomic E-state index is 0.167. The Labute approximate surface area is 186 Å². The highest BCUT2D eigenvalue weighted by molar-refractivity contribution is 7.13. The molecule has 0 bridgehead atoms. The molecule has 8 heteroatoms. The number of nitrogens with one attached hydrogen (secondary N) is 1. The van der Waals surface area contributed by atoms with Crippen molar-refractivity contribution in [3.05, 3.63) is 41.0 Å². The minimum Gasteiger partial charge on any atom is -0.391 e. The summed E-state index contributed by atoms with van der Waals surface area (Å²) >= 11 is 1.61. The molecule has 0 radical (unpaired) electrons.